The highest BCUT2D eigenvalue weighted by Gasteiger charge is 2.54. The van der Waals surface area contributed by atoms with Crippen LogP contribution in [0.15, 0.2) is 72.4 Å². The number of carboxylic acids is 1. The van der Waals surface area contributed by atoms with Crippen molar-refractivity contribution in [2.24, 2.45) is 0 Å². The van der Waals surface area contributed by atoms with Gasteiger partial charge in [-0.05, 0) is 42.7 Å². The van der Waals surface area contributed by atoms with E-state index in [4.69, 9.17) is 23.2 Å². The van der Waals surface area contributed by atoms with E-state index < -0.39 is 33.5 Å². The summed E-state index contributed by atoms with van der Waals surface area (Å²) in [7, 11) is -4.32. The average molecular weight is 613 g/mol. The summed E-state index contributed by atoms with van der Waals surface area (Å²) in [6.07, 6.45) is 6.27. The minimum atomic E-state index is -4.32. The Labute approximate surface area is 245 Å². The van der Waals surface area contributed by atoms with Crippen LogP contribution in [0.4, 0.5) is 11.6 Å². The van der Waals surface area contributed by atoms with Crippen LogP contribution in [0.1, 0.15) is 18.9 Å². The summed E-state index contributed by atoms with van der Waals surface area (Å²) in [5.74, 6) is -1.63. The van der Waals surface area contributed by atoms with Gasteiger partial charge in [-0.3, -0.25) is 14.2 Å². The SMILES string of the molecule is C[C@@]1(Cc2ccc(-c3cncnc3)cc2)C(=O)N(c2cc(Cl)cc(Cl)c2)c2ncc(S(=O)(=O)N3CC[C@H]3C(=O)O)n21. The zero-order chi connectivity index (χ0) is 29.1. The number of hydrogen-bond donors (Lipinski definition) is 1. The average Bonchev–Trinajstić information content (AvgIpc) is 3.42. The van der Waals surface area contributed by atoms with Gasteiger partial charge in [-0.2, -0.15) is 4.31 Å². The zero-order valence-corrected chi connectivity index (χ0v) is 23.8. The number of carboxylic acid groups (broad SMARTS) is 1. The van der Waals surface area contributed by atoms with Crippen molar-refractivity contribution in [3.05, 3.63) is 83.0 Å². The molecule has 0 radical (unpaired) electrons. The lowest BCUT2D eigenvalue weighted by Gasteiger charge is -2.37. The number of carbonyl (C=O) groups excluding carboxylic acids is 1. The molecule has 1 amide bonds. The molecule has 6 rings (SSSR count). The largest absolute Gasteiger partial charge is 0.480 e. The molecule has 11 nitrogen and oxygen atoms in total. The summed E-state index contributed by atoms with van der Waals surface area (Å²) in [6.45, 7) is 1.68. The topological polar surface area (TPSA) is 139 Å². The summed E-state index contributed by atoms with van der Waals surface area (Å²) in [5, 5.41) is 9.81. The molecule has 0 spiro atoms. The highest BCUT2D eigenvalue weighted by Crippen LogP contribution is 2.45. The van der Waals surface area contributed by atoms with Gasteiger partial charge in [-0.15, -0.1) is 0 Å². The molecule has 2 aromatic carbocycles. The lowest BCUT2D eigenvalue weighted by atomic mass is 9.91. The third kappa shape index (κ3) is 4.47. The van der Waals surface area contributed by atoms with E-state index in [2.05, 4.69) is 15.0 Å². The quantitative estimate of drug-likeness (QED) is 0.329. The first-order valence-electron chi connectivity index (χ1n) is 12.5. The van der Waals surface area contributed by atoms with Gasteiger partial charge in [0.15, 0.2) is 5.03 Å². The van der Waals surface area contributed by atoms with Crippen molar-refractivity contribution in [3.63, 3.8) is 0 Å². The molecule has 0 unspecified atom stereocenters. The number of nitrogens with zero attached hydrogens (tertiary/aromatic N) is 6. The Balaban J connectivity index is 1.46. The standard InChI is InChI=1S/C27H22Cl2N6O5S/c1-27(11-16-2-4-17(5-3-16)18-12-30-15-31-13-18)25(38)34(21-9-19(28)8-20(29)10-21)26-32-14-23(35(26)27)41(39,40)33-7-6-22(33)24(36)37/h2-5,8-10,12-15,22H,6-7,11H2,1H3,(H,36,37)/t22-,27+/m0/s1. The highest BCUT2D eigenvalue weighted by molar-refractivity contribution is 7.89. The number of rotatable bonds is 7. The van der Waals surface area contributed by atoms with Crippen molar-refractivity contribution in [2.75, 3.05) is 11.4 Å². The number of aromatic nitrogens is 4. The molecule has 2 aliphatic rings. The van der Waals surface area contributed by atoms with Crippen LogP contribution in [0.5, 0.6) is 0 Å². The van der Waals surface area contributed by atoms with Crippen LogP contribution >= 0.6 is 23.2 Å². The van der Waals surface area contributed by atoms with Crippen molar-refractivity contribution < 1.29 is 23.1 Å². The lowest BCUT2D eigenvalue weighted by molar-refractivity contribution is -0.144. The summed E-state index contributed by atoms with van der Waals surface area (Å²) < 4.78 is 29.8. The zero-order valence-electron chi connectivity index (χ0n) is 21.5. The smallest absolute Gasteiger partial charge is 0.322 e. The van der Waals surface area contributed by atoms with Gasteiger partial charge in [0.25, 0.3) is 15.9 Å². The molecule has 41 heavy (non-hydrogen) atoms. The first-order valence-corrected chi connectivity index (χ1v) is 14.7. The van der Waals surface area contributed by atoms with Crippen molar-refractivity contribution in [1.82, 2.24) is 23.8 Å². The van der Waals surface area contributed by atoms with Crippen molar-refractivity contribution in [3.8, 4) is 11.1 Å². The molecule has 2 aromatic heterocycles. The van der Waals surface area contributed by atoms with Gasteiger partial charge in [-0.1, -0.05) is 47.5 Å². The minimum Gasteiger partial charge on any atom is -0.480 e. The summed E-state index contributed by atoms with van der Waals surface area (Å²) in [5.41, 5.74) is 1.31. The molecule has 4 heterocycles. The molecule has 14 heteroatoms. The molecule has 0 saturated carbocycles. The van der Waals surface area contributed by atoms with Gasteiger partial charge in [0, 0.05) is 41.0 Å². The maximum absolute atomic E-state index is 14.2. The molecule has 0 aliphatic carbocycles. The Morgan fingerprint density at radius 1 is 1.05 bits per heavy atom. The molecule has 1 saturated heterocycles. The maximum Gasteiger partial charge on any atom is 0.322 e. The van der Waals surface area contributed by atoms with Crippen LogP contribution in [0.2, 0.25) is 10.0 Å². The van der Waals surface area contributed by atoms with Gasteiger partial charge < -0.3 is 5.11 Å². The van der Waals surface area contributed by atoms with Crippen molar-refractivity contribution in [1.29, 1.82) is 0 Å². The molecule has 1 fully saturated rings. The Morgan fingerprint density at radius 3 is 2.29 bits per heavy atom. The van der Waals surface area contributed by atoms with Crippen molar-refractivity contribution in [2.45, 2.75) is 36.4 Å². The Bertz CT molecular complexity index is 1780. The predicted molar refractivity (Wildman–Crippen MR) is 151 cm³/mol. The molecular formula is C27H22Cl2N6O5S. The van der Waals surface area contributed by atoms with E-state index in [1.54, 1.807) is 19.3 Å². The molecule has 4 aromatic rings. The van der Waals surface area contributed by atoms with E-state index >= 15 is 0 Å². The molecule has 210 valence electrons. The van der Waals surface area contributed by atoms with Crippen LogP contribution in [0.3, 0.4) is 0 Å². The second-order valence-electron chi connectivity index (χ2n) is 10.0. The van der Waals surface area contributed by atoms with E-state index in [1.165, 1.54) is 34.0 Å². The number of imidazole rings is 1. The summed E-state index contributed by atoms with van der Waals surface area (Å²) in [4.78, 5) is 39.6. The third-order valence-electron chi connectivity index (χ3n) is 7.40. The van der Waals surface area contributed by atoms with E-state index in [9.17, 15) is 23.1 Å². The maximum atomic E-state index is 14.2. The summed E-state index contributed by atoms with van der Waals surface area (Å²) in [6, 6.07) is 10.8. The van der Waals surface area contributed by atoms with Gasteiger partial charge in [0.1, 0.15) is 17.9 Å². The summed E-state index contributed by atoms with van der Waals surface area (Å²) >= 11 is 12.5. The number of sulfonamides is 1. The highest BCUT2D eigenvalue weighted by atomic mass is 35.5. The molecule has 1 N–H and O–H groups in total. The van der Waals surface area contributed by atoms with Gasteiger partial charge in [-0.25, -0.2) is 28.3 Å². The number of halogens is 2. The Morgan fingerprint density at radius 2 is 1.71 bits per heavy atom. The second-order valence-corrected chi connectivity index (χ2v) is 12.7. The van der Waals surface area contributed by atoms with Gasteiger partial charge in [0.2, 0.25) is 5.95 Å². The number of hydrogen-bond acceptors (Lipinski definition) is 7. The number of benzene rings is 2. The fourth-order valence-corrected chi connectivity index (χ4v) is 7.62. The first kappa shape index (κ1) is 27.3. The fraction of sp³-hybridized carbons (Fsp3) is 0.222. The number of amides is 1. The van der Waals surface area contributed by atoms with Crippen LogP contribution in [0.25, 0.3) is 11.1 Å². The van der Waals surface area contributed by atoms with Crippen LogP contribution in [-0.4, -0.2) is 61.8 Å². The molecular weight excluding hydrogens is 591 g/mol. The molecule has 2 atom stereocenters. The number of aliphatic carboxylic acids is 1. The van der Waals surface area contributed by atoms with Crippen LogP contribution < -0.4 is 4.90 Å². The van der Waals surface area contributed by atoms with E-state index in [1.807, 2.05) is 24.3 Å². The van der Waals surface area contributed by atoms with Crippen LogP contribution in [0, 0.1) is 0 Å². The van der Waals surface area contributed by atoms with Crippen LogP contribution in [-0.2, 0) is 31.6 Å². The lowest BCUT2D eigenvalue weighted by Crippen LogP contribution is -2.55. The van der Waals surface area contributed by atoms with Gasteiger partial charge in [0.05, 0.1) is 11.9 Å². The predicted octanol–water partition coefficient (Wildman–Crippen LogP) is 4.13. The Kier molecular flexibility index (Phi) is 6.61. The minimum absolute atomic E-state index is 0.0444. The van der Waals surface area contributed by atoms with Crippen molar-refractivity contribution >= 4 is 56.7 Å². The number of fused-ring (bicyclic) bond motifs is 1. The second kappa shape index (κ2) is 9.91. The first-order chi connectivity index (χ1) is 19.5. The fourth-order valence-electron chi connectivity index (χ4n) is 5.29. The monoisotopic (exact) mass is 612 g/mol. The molecule has 0 bridgehead atoms. The third-order valence-corrected chi connectivity index (χ3v) is 9.71. The van der Waals surface area contributed by atoms with E-state index in [0.29, 0.717) is 5.69 Å². The van der Waals surface area contributed by atoms with E-state index in [-0.39, 0.29) is 40.4 Å². The number of anilines is 2. The van der Waals surface area contributed by atoms with E-state index in [0.717, 1.165) is 27.2 Å². The molecule has 2 aliphatic heterocycles. The number of carbonyl (C=O) groups is 2. The Hall–Kier alpha value is -3.84. The normalized spacial score (nSPS) is 20.6. The van der Waals surface area contributed by atoms with Gasteiger partial charge >= 0.3 is 5.97 Å².